The number of amides is 1. The van der Waals surface area contributed by atoms with Crippen molar-refractivity contribution in [3.8, 4) is 5.69 Å². The van der Waals surface area contributed by atoms with E-state index in [0.717, 1.165) is 18.5 Å². The third-order valence-corrected chi connectivity index (χ3v) is 3.47. The summed E-state index contributed by atoms with van der Waals surface area (Å²) in [5.74, 6) is -0.0319. The van der Waals surface area contributed by atoms with Gasteiger partial charge in [0.1, 0.15) is 6.33 Å². The molecular formula is C12H14N6O. The number of hydrogen-bond acceptors (Lipinski definition) is 5. The number of para-hydroxylation sites is 2. The van der Waals surface area contributed by atoms with E-state index in [1.807, 2.05) is 24.3 Å². The Morgan fingerprint density at radius 1 is 1.42 bits per heavy atom. The highest BCUT2D eigenvalue weighted by Crippen LogP contribution is 2.45. The highest BCUT2D eigenvalue weighted by molar-refractivity contribution is 5.98. The van der Waals surface area contributed by atoms with Crippen molar-refractivity contribution in [2.75, 3.05) is 11.9 Å². The largest absolute Gasteiger partial charge is 0.329 e. The highest BCUT2D eigenvalue weighted by Gasteiger charge is 2.48. The van der Waals surface area contributed by atoms with Crippen molar-refractivity contribution < 1.29 is 4.79 Å². The molecule has 3 N–H and O–H groups in total. The maximum Gasteiger partial charge on any atom is 0.231 e. The molecule has 7 nitrogen and oxygen atoms in total. The van der Waals surface area contributed by atoms with Gasteiger partial charge in [0.2, 0.25) is 5.91 Å². The number of rotatable bonds is 4. The fourth-order valence-electron chi connectivity index (χ4n) is 1.98. The van der Waals surface area contributed by atoms with Crippen molar-refractivity contribution in [1.29, 1.82) is 0 Å². The van der Waals surface area contributed by atoms with Crippen LogP contribution >= 0.6 is 0 Å². The van der Waals surface area contributed by atoms with Crippen LogP contribution < -0.4 is 11.1 Å². The Morgan fingerprint density at radius 3 is 2.84 bits per heavy atom. The predicted octanol–water partition coefficient (Wildman–Crippen LogP) is 0.340. The molecule has 1 aliphatic carbocycles. The maximum atomic E-state index is 12.2. The fourth-order valence-corrected chi connectivity index (χ4v) is 1.98. The standard InChI is InChI=1S/C12H14N6O/c13-7-12(5-6-12)11(19)15-9-3-1-2-4-10(9)18-8-14-16-17-18/h1-4,8H,5-7,13H2,(H,15,19). The molecule has 1 aromatic carbocycles. The summed E-state index contributed by atoms with van der Waals surface area (Å²) in [5.41, 5.74) is 6.69. The van der Waals surface area contributed by atoms with Crippen LogP contribution in [0.3, 0.4) is 0 Å². The number of nitrogens with zero attached hydrogens (tertiary/aromatic N) is 4. The monoisotopic (exact) mass is 258 g/mol. The van der Waals surface area contributed by atoms with Crippen LogP contribution in [0.5, 0.6) is 0 Å². The van der Waals surface area contributed by atoms with Crippen LogP contribution in [0.15, 0.2) is 30.6 Å². The number of nitrogens with two attached hydrogens (primary N) is 1. The van der Waals surface area contributed by atoms with Gasteiger partial charge in [0.05, 0.1) is 16.8 Å². The molecule has 1 heterocycles. The van der Waals surface area contributed by atoms with Gasteiger partial charge in [0, 0.05) is 6.54 Å². The van der Waals surface area contributed by atoms with Crippen LogP contribution in [0.4, 0.5) is 5.69 Å². The lowest BCUT2D eigenvalue weighted by molar-refractivity contribution is -0.120. The summed E-state index contributed by atoms with van der Waals surface area (Å²) >= 11 is 0. The molecule has 1 fully saturated rings. The zero-order valence-corrected chi connectivity index (χ0v) is 10.3. The molecule has 7 heteroatoms. The molecule has 0 bridgehead atoms. The third-order valence-electron chi connectivity index (χ3n) is 3.47. The van der Waals surface area contributed by atoms with E-state index in [0.29, 0.717) is 12.2 Å². The summed E-state index contributed by atoms with van der Waals surface area (Å²) in [6.45, 7) is 0.381. The normalized spacial score (nSPS) is 16.1. The lowest BCUT2D eigenvalue weighted by Gasteiger charge is -2.15. The Labute approximate surface area is 109 Å². The van der Waals surface area contributed by atoms with Crippen LogP contribution in [0.2, 0.25) is 0 Å². The van der Waals surface area contributed by atoms with Gasteiger partial charge in [0.25, 0.3) is 0 Å². The van der Waals surface area contributed by atoms with E-state index in [4.69, 9.17) is 5.73 Å². The van der Waals surface area contributed by atoms with Crippen LogP contribution in [0.25, 0.3) is 5.69 Å². The van der Waals surface area contributed by atoms with Crippen molar-refractivity contribution in [3.63, 3.8) is 0 Å². The highest BCUT2D eigenvalue weighted by atomic mass is 16.2. The predicted molar refractivity (Wildman–Crippen MR) is 68.5 cm³/mol. The SMILES string of the molecule is NCC1(C(=O)Nc2ccccc2-n2cnnn2)CC1. The summed E-state index contributed by atoms with van der Waals surface area (Å²) in [6, 6.07) is 7.38. The van der Waals surface area contributed by atoms with Crippen LogP contribution in [-0.4, -0.2) is 32.7 Å². The molecule has 1 saturated carbocycles. The zero-order chi connectivity index (χ0) is 13.3. The van der Waals surface area contributed by atoms with Crippen molar-refractivity contribution >= 4 is 11.6 Å². The van der Waals surface area contributed by atoms with Crippen molar-refractivity contribution in [1.82, 2.24) is 20.2 Å². The maximum absolute atomic E-state index is 12.2. The first kappa shape index (κ1) is 11.8. The van der Waals surface area contributed by atoms with Gasteiger partial charge in [-0.25, -0.2) is 0 Å². The molecule has 0 spiro atoms. The van der Waals surface area contributed by atoms with E-state index in [2.05, 4.69) is 20.8 Å². The average molecular weight is 258 g/mol. The number of tetrazole rings is 1. The molecule has 98 valence electrons. The molecule has 0 atom stereocenters. The van der Waals surface area contributed by atoms with Crippen LogP contribution in [0, 0.1) is 5.41 Å². The van der Waals surface area contributed by atoms with E-state index in [9.17, 15) is 4.79 Å². The smallest absolute Gasteiger partial charge is 0.231 e. The van der Waals surface area contributed by atoms with E-state index < -0.39 is 0 Å². The van der Waals surface area contributed by atoms with Gasteiger partial charge in [0.15, 0.2) is 0 Å². The summed E-state index contributed by atoms with van der Waals surface area (Å²) in [7, 11) is 0. The van der Waals surface area contributed by atoms with E-state index in [1.165, 1.54) is 11.0 Å². The van der Waals surface area contributed by atoms with Gasteiger partial charge in [-0.1, -0.05) is 12.1 Å². The summed E-state index contributed by atoms with van der Waals surface area (Å²) in [5, 5.41) is 13.9. The molecule has 0 saturated heterocycles. The molecule has 1 aromatic heterocycles. The Bertz CT molecular complexity index is 590. The Kier molecular flexibility index (Phi) is 2.75. The number of aromatic nitrogens is 4. The summed E-state index contributed by atoms with van der Waals surface area (Å²) in [6.07, 6.45) is 3.19. The van der Waals surface area contributed by atoms with Gasteiger partial charge < -0.3 is 11.1 Å². The summed E-state index contributed by atoms with van der Waals surface area (Å²) in [4.78, 5) is 12.2. The van der Waals surface area contributed by atoms with Crippen LogP contribution in [-0.2, 0) is 4.79 Å². The first-order valence-electron chi connectivity index (χ1n) is 6.09. The first-order valence-corrected chi connectivity index (χ1v) is 6.09. The molecule has 0 radical (unpaired) electrons. The lowest BCUT2D eigenvalue weighted by atomic mass is 10.1. The minimum absolute atomic E-state index is 0.0319. The first-order chi connectivity index (χ1) is 9.25. The van der Waals surface area contributed by atoms with Crippen LogP contribution in [0.1, 0.15) is 12.8 Å². The fraction of sp³-hybridized carbons (Fsp3) is 0.333. The number of carbonyl (C=O) groups excluding carboxylic acids is 1. The summed E-state index contributed by atoms with van der Waals surface area (Å²) < 4.78 is 1.51. The van der Waals surface area contributed by atoms with Gasteiger partial charge in [-0.2, -0.15) is 4.68 Å². The third kappa shape index (κ3) is 2.08. The zero-order valence-electron chi connectivity index (χ0n) is 10.3. The lowest BCUT2D eigenvalue weighted by Crippen LogP contribution is -2.31. The minimum Gasteiger partial charge on any atom is -0.329 e. The second-order valence-electron chi connectivity index (χ2n) is 4.71. The van der Waals surface area contributed by atoms with E-state index >= 15 is 0 Å². The number of benzene rings is 1. The second-order valence-corrected chi connectivity index (χ2v) is 4.71. The molecule has 19 heavy (non-hydrogen) atoms. The Morgan fingerprint density at radius 2 is 2.21 bits per heavy atom. The average Bonchev–Trinajstić information content (AvgIpc) is 3.06. The number of carbonyl (C=O) groups is 1. The molecule has 1 amide bonds. The molecule has 3 rings (SSSR count). The van der Waals surface area contributed by atoms with Gasteiger partial charge in [-0.05, 0) is 35.4 Å². The van der Waals surface area contributed by atoms with E-state index in [1.54, 1.807) is 0 Å². The molecule has 0 unspecified atom stereocenters. The Balaban J connectivity index is 1.88. The molecule has 0 aliphatic heterocycles. The number of nitrogens with one attached hydrogen (secondary N) is 1. The Hall–Kier alpha value is -2.28. The van der Waals surface area contributed by atoms with Crippen molar-refractivity contribution in [2.45, 2.75) is 12.8 Å². The molecule has 2 aromatic rings. The quantitative estimate of drug-likeness (QED) is 0.824. The van der Waals surface area contributed by atoms with E-state index in [-0.39, 0.29) is 11.3 Å². The van der Waals surface area contributed by atoms with Crippen molar-refractivity contribution in [3.05, 3.63) is 30.6 Å². The second kappa shape index (κ2) is 4.43. The van der Waals surface area contributed by atoms with Gasteiger partial charge in [-0.15, -0.1) is 5.10 Å². The minimum atomic E-state index is -0.381. The molecule has 1 aliphatic rings. The molecular weight excluding hydrogens is 244 g/mol. The van der Waals surface area contributed by atoms with Gasteiger partial charge in [-0.3, -0.25) is 4.79 Å². The topological polar surface area (TPSA) is 98.7 Å². The van der Waals surface area contributed by atoms with Gasteiger partial charge >= 0.3 is 0 Å². The van der Waals surface area contributed by atoms with Crippen molar-refractivity contribution in [2.24, 2.45) is 11.1 Å². The number of hydrogen-bond donors (Lipinski definition) is 2. The number of anilines is 1.